The summed E-state index contributed by atoms with van der Waals surface area (Å²) in [6, 6.07) is 0. The summed E-state index contributed by atoms with van der Waals surface area (Å²) in [6.45, 7) is 5.31. The zero-order chi connectivity index (χ0) is 14.1. The molecule has 2 aliphatic rings. The molecule has 20 heavy (non-hydrogen) atoms. The van der Waals surface area contributed by atoms with Crippen LogP contribution in [0.25, 0.3) is 0 Å². The molecule has 0 aromatic carbocycles. The predicted octanol–water partition coefficient (Wildman–Crippen LogP) is -0.503. The number of likely N-dealkylation sites (N-methyl/N-ethyl adjacent to an activating group) is 1. The Morgan fingerprint density at radius 1 is 1.25 bits per heavy atom. The zero-order valence-electron chi connectivity index (χ0n) is 12.2. The van der Waals surface area contributed by atoms with Gasteiger partial charge < -0.3 is 15.1 Å². The molecule has 2 fully saturated rings. The maximum absolute atomic E-state index is 12.7. The molecule has 0 bridgehead atoms. The fourth-order valence-electron chi connectivity index (χ4n) is 3.18. The third-order valence-corrected chi connectivity index (χ3v) is 4.50. The Kier molecular flexibility index (Phi) is 3.76. The highest BCUT2D eigenvalue weighted by Gasteiger charge is 2.37. The zero-order valence-corrected chi connectivity index (χ0v) is 12.2. The molecule has 2 aliphatic heterocycles. The van der Waals surface area contributed by atoms with E-state index in [1.54, 1.807) is 0 Å². The van der Waals surface area contributed by atoms with Gasteiger partial charge in [-0.25, -0.2) is 0 Å². The van der Waals surface area contributed by atoms with E-state index >= 15 is 0 Å². The van der Waals surface area contributed by atoms with E-state index < -0.39 is 0 Å². The van der Waals surface area contributed by atoms with E-state index in [1.165, 1.54) is 5.56 Å². The lowest BCUT2D eigenvalue weighted by Crippen LogP contribution is -2.49. The van der Waals surface area contributed by atoms with Gasteiger partial charge in [-0.3, -0.25) is 9.48 Å². The molecule has 0 unspecified atom stereocenters. The van der Waals surface area contributed by atoms with Gasteiger partial charge in [0.25, 0.3) is 0 Å². The molecule has 110 valence electrons. The van der Waals surface area contributed by atoms with Gasteiger partial charge in [-0.15, -0.1) is 0 Å². The lowest BCUT2D eigenvalue weighted by atomic mass is 9.89. The van der Waals surface area contributed by atoms with Crippen molar-refractivity contribution in [2.75, 3.05) is 46.3 Å². The van der Waals surface area contributed by atoms with Crippen molar-refractivity contribution in [2.24, 2.45) is 13.0 Å². The van der Waals surface area contributed by atoms with Crippen molar-refractivity contribution in [3.63, 3.8) is 0 Å². The van der Waals surface area contributed by atoms with Gasteiger partial charge >= 0.3 is 0 Å². The molecule has 0 spiro atoms. The molecule has 0 aliphatic carbocycles. The van der Waals surface area contributed by atoms with Crippen LogP contribution in [0.15, 0.2) is 12.4 Å². The number of carbonyl (C=O) groups is 1. The summed E-state index contributed by atoms with van der Waals surface area (Å²) in [5.74, 6) is 0.621. The highest BCUT2D eigenvalue weighted by atomic mass is 16.2. The number of aryl methyl sites for hydroxylation is 1. The van der Waals surface area contributed by atoms with Crippen molar-refractivity contribution in [1.29, 1.82) is 0 Å². The number of piperazine rings is 1. The lowest BCUT2D eigenvalue weighted by molar-refractivity contribution is -0.136. The van der Waals surface area contributed by atoms with E-state index in [1.807, 2.05) is 29.0 Å². The van der Waals surface area contributed by atoms with Gasteiger partial charge in [0, 0.05) is 58.4 Å². The summed E-state index contributed by atoms with van der Waals surface area (Å²) in [6.07, 6.45) is 3.92. The second kappa shape index (κ2) is 5.54. The van der Waals surface area contributed by atoms with Crippen LogP contribution in [-0.2, 0) is 11.8 Å². The smallest absolute Gasteiger partial charge is 0.227 e. The van der Waals surface area contributed by atoms with Crippen LogP contribution in [-0.4, -0.2) is 71.8 Å². The third-order valence-electron chi connectivity index (χ3n) is 4.50. The van der Waals surface area contributed by atoms with Crippen molar-refractivity contribution in [1.82, 2.24) is 24.9 Å². The topological polar surface area (TPSA) is 53.4 Å². The molecule has 1 amide bonds. The Bertz CT molecular complexity index is 478. The average molecular weight is 277 g/mol. The van der Waals surface area contributed by atoms with Crippen LogP contribution in [0.2, 0.25) is 0 Å². The van der Waals surface area contributed by atoms with E-state index in [2.05, 4.69) is 22.4 Å². The predicted molar refractivity (Wildman–Crippen MR) is 76.4 cm³/mol. The summed E-state index contributed by atoms with van der Waals surface area (Å²) in [5, 5.41) is 7.60. The second-order valence-corrected chi connectivity index (χ2v) is 5.95. The van der Waals surface area contributed by atoms with Gasteiger partial charge in [-0.2, -0.15) is 5.10 Å². The Hall–Kier alpha value is -1.40. The number of rotatable bonds is 2. The standard InChI is InChI=1S/C14H23N5O/c1-17-3-5-19(6-4-17)14(20)13-9-15-8-12(13)11-7-16-18(2)10-11/h7,10,12-13,15H,3-6,8-9H2,1-2H3/t12-,13+/m1/s1. The molecule has 0 saturated carbocycles. The minimum Gasteiger partial charge on any atom is -0.340 e. The highest BCUT2D eigenvalue weighted by Crippen LogP contribution is 2.29. The summed E-state index contributed by atoms with van der Waals surface area (Å²) < 4.78 is 1.81. The first kappa shape index (κ1) is 13.6. The maximum Gasteiger partial charge on any atom is 0.227 e. The van der Waals surface area contributed by atoms with Crippen LogP contribution < -0.4 is 5.32 Å². The lowest BCUT2D eigenvalue weighted by Gasteiger charge is -2.34. The molecule has 2 atom stereocenters. The van der Waals surface area contributed by atoms with Gasteiger partial charge in [0.05, 0.1) is 12.1 Å². The SMILES string of the molecule is CN1CCN(C(=O)[C@H]2CNC[C@@H]2c2cnn(C)c2)CC1. The first-order valence-electron chi connectivity index (χ1n) is 7.32. The number of nitrogens with zero attached hydrogens (tertiary/aromatic N) is 4. The molecule has 1 N–H and O–H groups in total. The van der Waals surface area contributed by atoms with Gasteiger partial charge in [0.1, 0.15) is 0 Å². The molecule has 3 heterocycles. The van der Waals surface area contributed by atoms with Crippen molar-refractivity contribution >= 4 is 5.91 Å². The first-order valence-corrected chi connectivity index (χ1v) is 7.32. The van der Waals surface area contributed by atoms with Crippen molar-refractivity contribution < 1.29 is 4.79 Å². The van der Waals surface area contributed by atoms with Crippen LogP contribution in [0.3, 0.4) is 0 Å². The molecule has 6 nitrogen and oxygen atoms in total. The third kappa shape index (κ3) is 2.58. The molecule has 1 aromatic rings. The summed E-state index contributed by atoms with van der Waals surface area (Å²) in [4.78, 5) is 17.0. The molecular formula is C14H23N5O. The number of nitrogens with one attached hydrogen (secondary N) is 1. The molecule has 2 saturated heterocycles. The van der Waals surface area contributed by atoms with E-state index in [0.717, 1.165) is 39.3 Å². The average Bonchev–Trinajstić information content (AvgIpc) is 3.07. The van der Waals surface area contributed by atoms with E-state index in [4.69, 9.17) is 0 Å². The first-order chi connectivity index (χ1) is 9.65. The Morgan fingerprint density at radius 2 is 2.00 bits per heavy atom. The van der Waals surface area contributed by atoms with Crippen LogP contribution in [0.1, 0.15) is 11.5 Å². The van der Waals surface area contributed by atoms with E-state index in [-0.39, 0.29) is 11.8 Å². The van der Waals surface area contributed by atoms with Gasteiger partial charge in [-0.05, 0) is 12.6 Å². The minimum atomic E-state index is 0.0580. The Balaban J connectivity index is 1.70. The van der Waals surface area contributed by atoms with Crippen LogP contribution in [0.4, 0.5) is 0 Å². The van der Waals surface area contributed by atoms with Gasteiger partial charge in [0.2, 0.25) is 5.91 Å². The minimum absolute atomic E-state index is 0.0580. The fraction of sp³-hybridized carbons (Fsp3) is 0.714. The molecular weight excluding hydrogens is 254 g/mol. The van der Waals surface area contributed by atoms with Gasteiger partial charge in [-0.1, -0.05) is 0 Å². The van der Waals surface area contributed by atoms with Crippen molar-refractivity contribution in [3.05, 3.63) is 18.0 Å². The Morgan fingerprint density at radius 3 is 2.65 bits per heavy atom. The van der Waals surface area contributed by atoms with Crippen LogP contribution in [0, 0.1) is 5.92 Å². The van der Waals surface area contributed by atoms with Gasteiger partial charge in [0.15, 0.2) is 0 Å². The molecule has 3 rings (SSSR count). The monoisotopic (exact) mass is 277 g/mol. The number of hydrogen-bond acceptors (Lipinski definition) is 4. The molecule has 0 radical (unpaired) electrons. The number of amides is 1. The largest absolute Gasteiger partial charge is 0.340 e. The second-order valence-electron chi connectivity index (χ2n) is 5.95. The normalized spacial score (nSPS) is 28.0. The van der Waals surface area contributed by atoms with E-state index in [0.29, 0.717) is 5.91 Å². The summed E-state index contributed by atoms with van der Waals surface area (Å²) in [5.41, 5.74) is 1.17. The quantitative estimate of drug-likeness (QED) is 0.792. The molecule has 1 aromatic heterocycles. The number of aromatic nitrogens is 2. The number of carbonyl (C=O) groups excluding carboxylic acids is 1. The summed E-state index contributed by atoms with van der Waals surface area (Å²) in [7, 11) is 4.03. The highest BCUT2D eigenvalue weighted by molar-refractivity contribution is 5.80. The Labute approximate surface area is 119 Å². The maximum atomic E-state index is 12.7. The van der Waals surface area contributed by atoms with Crippen molar-refractivity contribution in [3.8, 4) is 0 Å². The van der Waals surface area contributed by atoms with Crippen LogP contribution >= 0.6 is 0 Å². The molecule has 6 heteroatoms. The summed E-state index contributed by atoms with van der Waals surface area (Å²) >= 11 is 0. The fourth-order valence-corrected chi connectivity index (χ4v) is 3.18. The van der Waals surface area contributed by atoms with Crippen molar-refractivity contribution in [2.45, 2.75) is 5.92 Å². The van der Waals surface area contributed by atoms with E-state index in [9.17, 15) is 4.79 Å². The van der Waals surface area contributed by atoms with Crippen LogP contribution in [0.5, 0.6) is 0 Å². The number of hydrogen-bond donors (Lipinski definition) is 1.